The molecular weight excluding hydrogens is 476 g/mol. The van der Waals surface area contributed by atoms with Gasteiger partial charge in [0.1, 0.15) is 0 Å². The van der Waals surface area contributed by atoms with Crippen LogP contribution in [-0.4, -0.2) is 33.8 Å². The maximum atomic E-state index is 13.3. The molecule has 4 rings (SSSR count). The predicted octanol–water partition coefficient (Wildman–Crippen LogP) is 5.96. The van der Waals surface area contributed by atoms with Gasteiger partial charge in [-0.3, -0.25) is 10.2 Å². The first-order chi connectivity index (χ1) is 15.0. The maximum absolute atomic E-state index is 13.3. The van der Waals surface area contributed by atoms with Crippen LogP contribution in [0.4, 0.5) is 0 Å². The Balaban J connectivity index is 1.84. The lowest BCUT2D eigenvalue weighted by Gasteiger charge is -2.26. The van der Waals surface area contributed by atoms with E-state index >= 15 is 0 Å². The number of piperidine rings is 1. The zero-order chi connectivity index (χ0) is 22.0. The lowest BCUT2D eigenvalue weighted by atomic mass is 10.0. The molecule has 0 atom stereocenters. The quantitative estimate of drug-likeness (QED) is 0.469. The zero-order valence-electron chi connectivity index (χ0n) is 17.8. The topological polar surface area (TPSA) is 50.2 Å². The Morgan fingerprint density at radius 3 is 2.48 bits per heavy atom. The Morgan fingerprint density at radius 1 is 1.13 bits per heavy atom. The number of hydrogen-bond donors (Lipinski definition) is 1. The van der Waals surface area contributed by atoms with Crippen LogP contribution in [0.25, 0.3) is 16.9 Å². The minimum Gasteiger partial charge on any atom is -0.283 e. The first-order valence-electron chi connectivity index (χ1n) is 10.7. The lowest BCUT2D eigenvalue weighted by Crippen LogP contribution is -2.45. The number of rotatable bonds is 5. The number of nitrogens with zero attached hydrogens (tertiary/aromatic N) is 3. The number of benzene rings is 2. The summed E-state index contributed by atoms with van der Waals surface area (Å²) in [5, 5.41) is 7.52. The molecule has 1 fully saturated rings. The van der Waals surface area contributed by atoms with Crippen LogP contribution in [0, 0.1) is 6.92 Å². The summed E-state index contributed by atoms with van der Waals surface area (Å²) in [5.41, 5.74) is 8.34. The number of nitrogens with one attached hydrogen (secondary N) is 1. The standard InChI is InChI=1S/C24H26BrClN4O/c1-3-20-22(24(31)28-29-13-5-4-6-14-29)27-30(21-12-11-19(26)15-16(21)2)23(20)17-7-9-18(25)10-8-17/h7-12,15H,3-6,13-14H2,1-2H3,(H,28,31). The molecular formula is C24H26BrClN4O. The highest BCUT2D eigenvalue weighted by molar-refractivity contribution is 9.10. The van der Waals surface area contributed by atoms with Crippen molar-refractivity contribution < 1.29 is 4.79 Å². The van der Waals surface area contributed by atoms with E-state index in [9.17, 15) is 4.79 Å². The van der Waals surface area contributed by atoms with Gasteiger partial charge in [-0.1, -0.05) is 53.0 Å². The van der Waals surface area contributed by atoms with Gasteiger partial charge < -0.3 is 0 Å². The predicted molar refractivity (Wildman–Crippen MR) is 129 cm³/mol. The number of hydrazine groups is 1. The van der Waals surface area contributed by atoms with Crippen LogP contribution in [0.3, 0.4) is 0 Å². The number of carbonyl (C=O) groups excluding carboxylic acids is 1. The van der Waals surface area contributed by atoms with Crippen molar-refractivity contribution in [3.63, 3.8) is 0 Å². The molecule has 3 aromatic rings. The van der Waals surface area contributed by atoms with Gasteiger partial charge in [-0.05, 0) is 62.1 Å². The highest BCUT2D eigenvalue weighted by atomic mass is 79.9. The molecule has 1 aromatic heterocycles. The van der Waals surface area contributed by atoms with Crippen molar-refractivity contribution in [2.24, 2.45) is 0 Å². The molecule has 1 aliphatic heterocycles. The van der Waals surface area contributed by atoms with Gasteiger partial charge in [0.15, 0.2) is 5.69 Å². The molecule has 0 spiro atoms. The molecule has 2 aromatic carbocycles. The Hall–Kier alpha value is -2.15. The van der Waals surface area contributed by atoms with E-state index in [4.69, 9.17) is 16.7 Å². The molecule has 162 valence electrons. The highest BCUT2D eigenvalue weighted by Gasteiger charge is 2.26. The van der Waals surface area contributed by atoms with Crippen molar-refractivity contribution in [1.82, 2.24) is 20.2 Å². The fourth-order valence-electron chi connectivity index (χ4n) is 4.11. The molecule has 0 unspecified atom stereocenters. The summed E-state index contributed by atoms with van der Waals surface area (Å²) in [7, 11) is 0. The Kier molecular flexibility index (Phi) is 6.80. The molecule has 1 saturated heterocycles. The van der Waals surface area contributed by atoms with Gasteiger partial charge >= 0.3 is 0 Å². The summed E-state index contributed by atoms with van der Waals surface area (Å²) in [5.74, 6) is -0.150. The molecule has 7 heteroatoms. The first-order valence-corrected chi connectivity index (χ1v) is 11.8. The van der Waals surface area contributed by atoms with Gasteiger partial charge in [-0.25, -0.2) is 9.69 Å². The minimum atomic E-state index is -0.150. The number of aromatic nitrogens is 2. The maximum Gasteiger partial charge on any atom is 0.286 e. The molecule has 31 heavy (non-hydrogen) atoms. The molecule has 5 nitrogen and oxygen atoms in total. The fourth-order valence-corrected chi connectivity index (χ4v) is 4.60. The summed E-state index contributed by atoms with van der Waals surface area (Å²) in [6.45, 7) is 5.83. The van der Waals surface area contributed by atoms with E-state index in [1.165, 1.54) is 6.42 Å². The third-order valence-corrected chi connectivity index (χ3v) is 6.44. The van der Waals surface area contributed by atoms with Gasteiger partial charge in [0.05, 0.1) is 11.4 Å². The SMILES string of the molecule is CCc1c(C(=O)NN2CCCCC2)nn(-c2ccc(Cl)cc2C)c1-c1ccc(Br)cc1. The second-order valence-electron chi connectivity index (χ2n) is 7.87. The molecule has 0 saturated carbocycles. The van der Waals surface area contributed by atoms with Crippen molar-refractivity contribution in [1.29, 1.82) is 0 Å². The number of halogens is 2. The van der Waals surface area contributed by atoms with Crippen LogP contribution < -0.4 is 5.43 Å². The normalized spacial score (nSPS) is 14.6. The van der Waals surface area contributed by atoms with Crippen molar-refractivity contribution in [2.45, 2.75) is 39.5 Å². The van der Waals surface area contributed by atoms with E-state index in [1.54, 1.807) is 0 Å². The van der Waals surface area contributed by atoms with E-state index in [-0.39, 0.29) is 5.91 Å². The van der Waals surface area contributed by atoms with Crippen LogP contribution in [0.2, 0.25) is 5.02 Å². The van der Waals surface area contributed by atoms with Crippen molar-refractivity contribution in [3.8, 4) is 16.9 Å². The van der Waals surface area contributed by atoms with E-state index in [0.29, 0.717) is 17.1 Å². The summed E-state index contributed by atoms with van der Waals surface area (Å²) in [4.78, 5) is 13.3. The number of amides is 1. The van der Waals surface area contributed by atoms with Gasteiger partial charge in [0, 0.05) is 33.7 Å². The molecule has 1 amide bonds. The van der Waals surface area contributed by atoms with Gasteiger partial charge in [0.25, 0.3) is 5.91 Å². The fraction of sp³-hybridized carbons (Fsp3) is 0.333. The summed E-state index contributed by atoms with van der Waals surface area (Å²) >= 11 is 9.71. The molecule has 1 aliphatic rings. The smallest absolute Gasteiger partial charge is 0.283 e. The number of carbonyl (C=O) groups is 1. The highest BCUT2D eigenvalue weighted by Crippen LogP contribution is 2.32. The molecule has 0 bridgehead atoms. The number of hydrogen-bond acceptors (Lipinski definition) is 3. The van der Waals surface area contributed by atoms with Crippen molar-refractivity contribution in [3.05, 3.63) is 68.8 Å². The third kappa shape index (κ3) is 4.71. The van der Waals surface area contributed by atoms with Crippen molar-refractivity contribution in [2.75, 3.05) is 13.1 Å². The second-order valence-corrected chi connectivity index (χ2v) is 9.22. The lowest BCUT2D eigenvalue weighted by molar-refractivity contribution is 0.0743. The number of aryl methyl sites for hydroxylation is 1. The third-order valence-electron chi connectivity index (χ3n) is 5.67. The Labute approximate surface area is 196 Å². The van der Waals surface area contributed by atoms with E-state index < -0.39 is 0 Å². The molecule has 2 heterocycles. The Morgan fingerprint density at radius 2 is 1.84 bits per heavy atom. The minimum absolute atomic E-state index is 0.150. The van der Waals surface area contributed by atoms with Crippen LogP contribution in [0.5, 0.6) is 0 Å². The molecule has 1 N–H and O–H groups in total. The second kappa shape index (κ2) is 9.55. The Bertz CT molecular complexity index is 1090. The van der Waals surface area contributed by atoms with Crippen molar-refractivity contribution >= 4 is 33.4 Å². The zero-order valence-corrected chi connectivity index (χ0v) is 20.1. The first kappa shape index (κ1) is 22.1. The average molecular weight is 502 g/mol. The van der Waals surface area contributed by atoms with E-state index in [0.717, 1.165) is 58.5 Å². The molecule has 0 radical (unpaired) electrons. The van der Waals surface area contributed by atoms with Crippen LogP contribution >= 0.6 is 27.5 Å². The summed E-state index contributed by atoms with van der Waals surface area (Å²) in [6, 6.07) is 13.9. The summed E-state index contributed by atoms with van der Waals surface area (Å²) < 4.78 is 2.89. The van der Waals surface area contributed by atoms with Crippen LogP contribution in [-0.2, 0) is 6.42 Å². The van der Waals surface area contributed by atoms with Gasteiger partial charge in [0.2, 0.25) is 0 Å². The van der Waals surface area contributed by atoms with Gasteiger partial charge in [-0.15, -0.1) is 0 Å². The van der Waals surface area contributed by atoms with Crippen LogP contribution in [0.1, 0.15) is 47.8 Å². The monoisotopic (exact) mass is 500 g/mol. The van der Waals surface area contributed by atoms with Crippen LogP contribution in [0.15, 0.2) is 46.9 Å². The van der Waals surface area contributed by atoms with E-state index in [2.05, 4.69) is 28.3 Å². The van der Waals surface area contributed by atoms with Gasteiger partial charge in [-0.2, -0.15) is 5.10 Å². The van der Waals surface area contributed by atoms with E-state index in [1.807, 2.05) is 59.1 Å². The largest absolute Gasteiger partial charge is 0.286 e. The molecule has 0 aliphatic carbocycles. The average Bonchev–Trinajstić information content (AvgIpc) is 3.14. The summed E-state index contributed by atoms with van der Waals surface area (Å²) in [6.07, 6.45) is 4.11.